The van der Waals surface area contributed by atoms with Gasteiger partial charge in [0, 0.05) is 35.3 Å². The molecule has 2 aromatic carbocycles. The molecular formula is C18H17NO2. The molecule has 1 aromatic heterocycles. The minimum absolute atomic E-state index is 0.0369. The Morgan fingerprint density at radius 3 is 2.52 bits per heavy atom. The van der Waals surface area contributed by atoms with Crippen molar-refractivity contribution in [3.8, 4) is 5.75 Å². The van der Waals surface area contributed by atoms with Gasteiger partial charge < -0.3 is 9.30 Å². The first-order chi connectivity index (χ1) is 10.2. The molecule has 1 heterocycles. The summed E-state index contributed by atoms with van der Waals surface area (Å²) in [5.74, 6) is 0.821. The van der Waals surface area contributed by atoms with E-state index in [0.29, 0.717) is 12.2 Å². The summed E-state index contributed by atoms with van der Waals surface area (Å²) < 4.78 is 7.39. The van der Waals surface area contributed by atoms with Crippen molar-refractivity contribution in [1.29, 1.82) is 0 Å². The Morgan fingerprint density at radius 2 is 1.81 bits per heavy atom. The molecule has 21 heavy (non-hydrogen) atoms. The molecule has 0 atom stereocenters. The van der Waals surface area contributed by atoms with Crippen molar-refractivity contribution in [3.05, 3.63) is 65.9 Å². The zero-order chi connectivity index (χ0) is 14.8. The zero-order valence-electron chi connectivity index (χ0n) is 12.2. The summed E-state index contributed by atoms with van der Waals surface area (Å²) in [5, 5.41) is 0.985. The third kappa shape index (κ3) is 2.42. The standard InChI is InChI=1S/C18H17NO2/c1-3-21-14-10-8-13(9-11-14)18(20)16-12-19(2)17-7-5-4-6-15(16)17/h4-12H,3H2,1-2H3. The maximum atomic E-state index is 12.7. The lowest BCUT2D eigenvalue weighted by Gasteiger charge is -2.04. The van der Waals surface area contributed by atoms with Gasteiger partial charge in [0.25, 0.3) is 0 Å². The minimum Gasteiger partial charge on any atom is -0.494 e. The molecule has 0 saturated heterocycles. The average molecular weight is 279 g/mol. The zero-order valence-corrected chi connectivity index (χ0v) is 12.2. The summed E-state index contributed by atoms with van der Waals surface area (Å²) >= 11 is 0. The van der Waals surface area contributed by atoms with Crippen molar-refractivity contribution in [2.45, 2.75) is 6.92 Å². The van der Waals surface area contributed by atoms with Crippen LogP contribution in [0.1, 0.15) is 22.8 Å². The number of rotatable bonds is 4. The second-order valence-corrected chi connectivity index (χ2v) is 4.96. The van der Waals surface area contributed by atoms with Gasteiger partial charge >= 0.3 is 0 Å². The van der Waals surface area contributed by atoms with Gasteiger partial charge in [-0.25, -0.2) is 0 Å². The number of aromatic nitrogens is 1. The number of hydrogen-bond donors (Lipinski definition) is 0. The number of ether oxygens (including phenoxy) is 1. The molecule has 0 aliphatic heterocycles. The molecule has 0 N–H and O–H groups in total. The van der Waals surface area contributed by atoms with E-state index in [1.807, 2.05) is 73.3 Å². The molecule has 0 saturated carbocycles. The van der Waals surface area contributed by atoms with Gasteiger partial charge in [0.1, 0.15) is 5.75 Å². The Labute approximate surface area is 123 Å². The third-order valence-electron chi connectivity index (χ3n) is 3.57. The second-order valence-electron chi connectivity index (χ2n) is 4.96. The number of nitrogens with zero attached hydrogens (tertiary/aromatic N) is 1. The first kappa shape index (κ1) is 13.4. The van der Waals surface area contributed by atoms with E-state index >= 15 is 0 Å². The quantitative estimate of drug-likeness (QED) is 0.680. The number of carbonyl (C=O) groups is 1. The van der Waals surface area contributed by atoms with Crippen LogP contribution in [0.25, 0.3) is 10.9 Å². The van der Waals surface area contributed by atoms with E-state index in [9.17, 15) is 4.79 Å². The van der Waals surface area contributed by atoms with Crippen LogP contribution in [0.15, 0.2) is 54.7 Å². The number of hydrogen-bond acceptors (Lipinski definition) is 2. The molecule has 0 aliphatic carbocycles. The fraction of sp³-hybridized carbons (Fsp3) is 0.167. The van der Waals surface area contributed by atoms with Crippen molar-refractivity contribution >= 4 is 16.7 Å². The molecule has 0 radical (unpaired) electrons. The van der Waals surface area contributed by atoms with Gasteiger partial charge in [0.15, 0.2) is 5.78 Å². The van der Waals surface area contributed by atoms with Crippen LogP contribution in [0.3, 0.4) is 0 Å². The highest BCUT2D eigenvalue weighted by Crippen LogP contribution is 2.23. The number of fused-ring (bicyclic) bond motifs is 1. The van der Waals surface area contributed by atoms with Crippen molar-refractivity contribution in [2.24, 2.45) is 7.05 Å². The highest BCUT2D eigenvalue weighted by Gasteiger charge is 2.15. The van der Waals surface area contributed by atoms with E-state index in [1.54, 1.807) is 0 Å². The van der Waals surface area contributed by atoms with Gasteiger partial charge in [-0.15, -0.1) is 0 Å². The minimum atomic E-state index is 0.0369. The van der Waals surface area contributed by atoms with Crippen LogP contribution in [0.4, 0.5) is 0 Å². The van der Waals surface area contributed by atoms with E-state index < -0.39 is 0 Å². The van der Waals surface area contributed by atoms with Gasteiger partial charge in [0.2, 0.25) is 0 Å². The van der Waals surface area contributed by atoms with Crippen LogP contribution in [-0.4, -0.2) is 17.0 Å². The molecular weight excluding hydrogens is 262 g/mol. The first-order valence-corrected chi connectivity index (χ1v) is 7.02. The molecule has 0 unspecified atom stereocenters. The van der Waals surface area contributed by atoms with E-state index in [2.05, 4.69) is 0 Å². The number of aryl methyl sites for hydroxylation is 1. The molecule has 0 bridgehead atoms. The van der Waals surface area contributed by atoms with Crippen molar-refractivity contribution in [1.82, 2.24) is 4.57 Å². The van der Waals surface area contributed by atoms with E-state index in [-0.39, 0.29) is 5.78 Å². The maximum absolute atomic E-state index is 12.7. The van der Waals surface area contributed by atoms with E-state index in [1.165, 1.54) is 0 Å². The molecule has 0 spiro atoms. The van der Waals surface area contributed by atoms with Gasteiger partial charge in [-0.3, -0.25) is 4.79 Å². The third-order valence-corrected chi connectivity index (χ3v) is 3.57. The summed E-state index contributed by atoms with van der Waals surface area (Å²) in [6.07, 6.45) is 1.89. The second kappa shape index (κ2) is 5.44. The van der Waals surface area contributed by atoms with Crippen molar-refractivity contribution in [3.63, 3.8) is 0 Å². The lowest BCUT2D eigenvalue weighted by molar-refractivity contribution is 0.104. The average Bonchev–Trinajstić information content (AvgIpc) is 2.85. The molecule has 3 aromatic rings. The lowest BCUT2D eigenvalue weighted by atomic mass is 10.0. The molecule has 3 heteroatoms. The Morgan fingerprint density at radius 1 is 1.10 bits per heavy atom. The fourth-order valence-corrected chi connectivity index (χ4v) is 2.55. The molecule has 3 rings (SSSR count). The smallest absolute Gasteiger partial charge is 0.195 e. The van der Waals surface area contributed by atoms with Crippen LogP contribution in [0.5, 0.6) is 5.75 Å². The number of para-hydroxylation sites is 1. The lowest BCUT2D eigenvalue weighted by Crippen LogP contribution is -2.01. The normalized spacial score (nSPS) is 10.8. The van der Waals surface area contributed by atoms with Crippen LogP contribution >= 0.6 is 0 Å². The molecule has 3 nitrogen and oxygen atoms in total. The number of ketones is 1. The largest absolute Gasteiger partial charge is 0.494 e. The Bertz CT molecular complexity index is 785. The first-order valence-electron chi connectivity index (χ1n) is 7.02. The summed E-state index contributed by atoms with van der Waals surface area (Å²) in [6.45, 7) is 2.56. The van der Waals surface area contributed by atoms with E-state index in [4.69, 9.17) is 4.74 Å². The van der Waals surface area contributed by atoms with Crippen LogP contribution in [0.2, 0.25) is 0 Å². The van der Waals surface area contributed by atoms with Crippen LogP contribution < -0.4 is 4.74 Å². The molecule has 106 valence electrons. The predicted octanol–water partition coefficient (Wildman–Crippen LogP) is 3.81. The SMILES string of the molecule is CCOc1ccc(C(=O)c2cn(C)c3ccccc23)cc1. The van der Waals surface area contributed by atoms with E-state index in [0.717, 1.165) is 22.2 Å². The van der Waals surface area contributed by atoms with Crippen molar-refractivity contribution in [2.75, 3.05) is 6.61 Å². The van der Waals surface area contributed by atoms with Gasteiger partial charge in [-0.1, -0.05) is 18.2 Å². The highest BCUT2D eigenvalue weighted by molar-refractivity contribution is 6.16. The number of carbonyl (C=O) groups excluding carboxylic acids is 1. The fourth-order valence-electron chi connectivity index (χ4n) is 2.55. The summed E-state index contributed by atoms with van der Waals surface area (Å²) in [4.78, 5) is 12.7. The monoisotopic (exact) mass is 279 g/mol. The topological polar surface area (TPSA) is 31.2 Å². The van der Waals surface area contributed by atoms with Crippen molar-refractivity contribution < 1.29 is 9.53 Å². The molecule has 0 amide bonds. The van der Waals surface area contributed by atoms with Gasteiger partial charge in [-0.2, -0.15) is 0 Å². The Hall–Kier alpha value is -2.55. The molecule has 0 aliphatic rings. The summed E-state index contributed by atoms with van der Waals surface area (Å²) in [5.41, 5.74) is 2.47. The Balaban J connectivity index is 2.00. The summed E-state index contributed by atoms with van der Waals surface area (Å²) in [6, 6.07) is 15.2. The van der Waals surface area contributed by atoms with Gasteiger partial charge in [-0.05, 0) is 37.3 Å². The predicted molar refractivity (Wildman–Crippen MR) is 84.0 cm³/mol. The highest BCUT2D eigenvalue weighted by atomic mass is 16.5. The van der Waals surface area contributed by atoms with Gasteiger partial charge in [0.05, 0.1) is 6.61 Å². The maximum Gasteiger partial charge on any atom is 0.195 e. The van der Waals surface area contributed by atoms with Crippen LogP contribution in [0, 0.1) is 0 Å². The summed E-state index contributed by atoms with van der Waals surface area (Å²) in [7, 11) is 1.96. The molecule has 0 fully saturated rings. The number of benzene rings is 2. The Kier molecular flexibility index (Phi) is 3.48. The van der Waals surface area contributed by atoms with Crippen LogP contribution in [-0.2, 0) is 7.05 Å².